The molecule has 80 valence electrons. The van der Waals surface area contributed by atoms with Crippen LogP contribution in [-0.4, -0.2) is 10.7 Å². The Morgan fingerprint density at radius 2 is 1.86 bits per heavy atom. The van der Waals surface area contributed by atoms with Gasteiger partial charge in [0.1, 0.15) is 0 Å². The molecule has 0 saturated heterocycles. The Balaban J connectivity index is 2.48. The molecular formula is C13H22O. The summed E-state index contributed by atoms with van der Waals surface area (Å²) in [7, 11) is 0. The van der Waals surface area contributed by atoms with Crippen LogP contribution < -0.4 is 0 Å². The second kappa shape index (κ2) is 4.84. The van der Waals surface area contributed by atoms with Crippen LogP contribution in [0.15, 0.2) is 0 Å². The monoisotopic (exact) mass is 194 g/mol. The molecule has 1 fully saturated rings. The van der Waals surface area contributed by atoms with E-state index in [2.05, 4.69) is 25.7 Å². The predicted molar refractivity (Wildman–Crippen MR) is 59.8 cm³/mol. The fraction of sp³-hybridized carbons (Fsp3) is 0.846. The largest absolute Gasteiger partial charge is 0.390 e. The standard InChI is InChI=1S/C13H22O/c1-4-5-6-7-13(14)9-11(2)8-12(3)10-13/h11-12,14H,6-10H2,1-3H3. The summed E-state index contributed by atoms with van der Waals surface area (Å²) in [5, 5.41) is 10.4. The van der Waals surface area contributed by atoms with E-state index in [4.69, 9.17) is 0 Å². The Morgan fingerprint density at radius 3 is 2.36 bits per heavy atom. The first-order chi connectivity index (χ1) is 6.56. The minimum absolute atomic E-state index is 0.430. The molecule has 0 amide bonds. The van der Waals surface area contributed by atoms with E-state index < -0.39 is 5.60 Å². The fourth-order valence-electron chi connectivity index (χ4n) is 2.86. The van der Waals surface area contributed by atoms with Crippen LogP contribution in [-0.2, 0) is 0 Å². The second-order valence-electron chi connectivity index (χ2n) is 5.01. The fourth-order valence-corrected chi connectivity index (χ4v) is 2.86. The van der Waals surface area contributed by atoms with Crippen LogP contribution in [0.4, 0.5) is 0 Å². The van der Waals surface area contributed by atoms with Crippen molar-refractivity contribution in [1.82, 2.24) is 0 Å². The first kappa shape index (κ1) is 11.6. The number of aliphatic hydroxyl groups is 1. The molecule has 1 nitrogen and oxygen atoms in total. The van der Waals surface area contributed by atoms with Gasteiger partial charge in [0.15, 0.2) is 0 Å². The molecule has 2 unspecified atom stereocenters. The minimum atomic E-state index is -0.430. The van der Waals surface area contributed by atoms with E-state index in [-0.39, 0.29) is 0 Å². The van der Waals surface area contributed by atoms with Crippen molar-refractivity contribution in [3.63, 3.8) is 0 Å². The average molecular weight is 194 g/mol. The molecule has 0 aromatic carbocycles. The van der Waals surface area contributed by atoms with Gasteiger partial charge in [0.05, 0.1) is 5.60 Å². The van der Waals surface area contributed by atoms with Crippen molar-refractivity contribution in [2.24, 2.45) is 11.8 Å². The average Bonchev–Trinajstić information content (AvgIpc) is 2.01. The third-order valence-corrected chi connectivity index (χ3v) is 3.15. The van der Waals surface area contributed by atoms with Crippen LogP contribution in [0.1, 0.15) is 52.9 Å². The summed E-state index contributed by atoms with van der Waals surface area (Å²) in [5.74, 6) is 7.26. The molecule has 1 aliphatic rings. The van der Waals surface area contributed by atoms with Gasteiger partial charge >= 0.3 is 0 Å². The Labute approximate surface area is 87.9 Å². The molecule has 0 aromatic heterocycles. The zero-order valence-corrected chi connectivity index (χ0v) is 9.64. The van der Waals surface area contributed by atoms with Gasteiger partial charge in [0, 0.05) is 6.42 Å². The van der Waals surface area contributed by atoms with Crippen molar-refractivity contribution in [2.45, 2.75) is 58.5 Å². The van der Waals surface area contributed by atoms with Crippen LogP contribution in [0, 0.1) is 23.7 Å². The smallest absolute Gasteiger partial charge is 0.0662 e. The van der Waals surface area contributed by atoms with Crippen molar-refractivity contribution in [2.75, 3.05) is 0 Å². The first-order valence-corrected chi connectivity index (χ1v) is 5.68. The van der Waals surface area contributed by atoms with Gasteiger partial charge in [-0.15, -0.1) is 11.8 Å². The normalized spacial score (nSPS) is 37.4. The van der Waals surface area contributed by atoms with Gasteiger partial charge in [-0.1, -0.05) is 13.8 Å². The highest BCUT2D eigenvalue weighted by Gasteiger charge is 2.35. The molecule has 1 saturated carbocycles. The molecule has 14 heavy (non-hydrogen) atoms. The van der Waals surface area contributed by atoms with Gasteiger partial charge < -0.3 is 5.11 Å². The van der Waals surface area contributed by atoms with Crippen molar-refractivity contribution in [3.8, 4) is 11.8 Å². The summed E-state index contributed by atoms with van der Waals surface area (Å²) < 4.78 is 0. The van der Waals surface area contributed by atoms with Crippen LogP contribution >= 0.6 is 0 Å². The van der Waals surface area contributed by atoms with E-state index >= 15 is 0 Å². The maximum atomic E-state index is 10.4. The van der Waals surface area contributed by atoms with E-state index in [0.717, 1.165) is 25.7 Å². The van der Waals surface area contributed by atoms with Crippen molar-refractivity contribution in [1.29, 1.82) is 0 Å². The quantitative estimate of drug-likeness (QED) is 0.670. The highest BCUT2D eigenvalue weighted by Crippen LogP contribution is 2.38. The van der Waals surface area contributed by atoms with Gasteiger partial charge in [-0.2, -0.15) is 0 Å². The number of rotatable bonds is 2. The molecule has 1 heteroatoms. The van der Waals surface area contributed by atoms with Crippen molar-refractivity contribution < 1.29 is 5.11 Å². The zero-order valence-electron chi connectivity index (χ0n) is 9.64. The van der Waals surface area contributed by atoms with Gasteiger partial charge in [0.25, 0.3) is 0 Å². The van der Waals surface area contributed by atoms with E-state index in [0.29, 0.717) is 11.8 Å². The van der Waals surface area contributed by atoms with Gasteiger partial charge in [-0.05, 0) is 44.4 Å². The molecule has 2 atom stereocenters. The first-order valence-electron chi connectivity index (χ1n) is 5.68. The lowest BCUT2D eigenvalue weighted by Crippen LogP contribution is -2.37. The highest BCUT2D eigenvalue weighted by atomic mass is 16.3. The number of hydrogen-bond donors (Lipinski definition) is 1. The van der Waals surface area contributed by atoms with Crippen molar-refractivity contribution in [3.05, 3.63) is 0 Å². The number of hydrogen-bond acceptors (Lipinski definition) is 1. The maximum Gasteiger partial charge on any atom is 0.0662 e. The molecule has 0 spiro atoms. The lowest BCUT2D eigenvalue weighted by molar-refractivity contribution is -0.0363. The summed E-state index contributed by atoms with van der Waals surface area (Å²) in [6.45, 7) is 6.34. The molecule has 0 aromatic rings. The third-order valence-electron chi connectivity index (χ3n) is 3.15. The molecule has 1 N–H and O–H groups in total. The molecule has 0 bridgehead atoms. The Kier molecular flexibility index (Phi) is 4.01. The van der Waals surface area contributed by atoms with Crippen molar-refractivity contribution >= 4 is 0 Å². The van der Waals surface area contributed by atoms with E-state index in [1.807, 2.05) is 6.92 Å². The summed E-state index contributed by atoms with van der Waals surface area (Å²) in [6.07, 6.45) is 4.88. The SMILES string of the molecule is CC#CCCC1(O)CC(C)CC(C)C1. The zero-order chi connectivity index (χ0) is 10.6. The van der Waals surface area contributed by atoms with Crippen LogP contribution in [0.25, 0.3) is 0 Å². The second-order valence-corrected chi connectivity index (χ2v) is 5.01. The highest BCUT2D eigenvalue weighted by molar-refractivity contribution is 4.98. The Hall–Kier alpha value is -0.480. The summed E-state index contributed by atoms with van der Waals surface area (Å²) in [6, 6.07) is 0. The van der Waals surface area contributed by atoms with E-state index in [1.165, 1.54) is 6.42 Å². The summed E-state index contributed by atoms with van der Waals surface area (Å²) >= 11 is 0. The molecule has 0 heterocycles. The van der Waals surface area contributed by atoms with Crippen LogP contribution in [0.5, 0.6) is 0 Å². The maximum absolute atomic E-state index is 10.4. The van der Waals surface area contributed by atoms with Crippen LogP contribution in [0.3, 0.4) is 0 Å². The third kappa shape index (κ3) is 3.35. The molecule has 1 aliphatic carbocycles. The van der Waals surface area contributed by atoms with E-state index in [1.54, 1.807) is 0 Å². The molecule has 0 aliphatic heterocycles. The Morgan fingerprint density at radius 1 is 1.29 bits per heavy atom. The summed E-state index contributed by atoms with van der Waals surface area (Å²) in [4.78, 5) is 0. The topological polar surface area (TPSA) is 20.2 Å². The molecule has 0 radical (unpaired) electrons. The lowest BCUT2D eigenvalue weighted by atomic mass is 9.72. The molecule has 1 rings (SSSR count). The lowest BCUT2D eigenvalue weighted by Gasteiger charge is -2.38. The van der Waals surface area contributed by atoms with E-state index in [9.17, 15) is 5.11 Å². The Bertz CT molecular complexity index is 223. The van der Waals surface area contributed by atoms with Gasteiger partial charge in [-0.3, -0.25) is 0 Å². The molecular weight excluding hydrogens is 172 g/mol. The van der Waals surface area contributed by atoms with Gasteiger partial charge in [0.2, 0.25) is 0 Å². The predicted octanol–water partition coefficient (Wildman–Crippen LogP) is 2.98. The van der Waals surface area contributed by atoms with Crippen LogP contribution in [0.2, 0.25) is 0 Å². The minimum Gasteiger partial charge on any atom is -0.390 e. The van der Waals surface area contributed by atoms with Gasteiger partial charge in [-0.25, -0.2) is 0 Å². The summed E-state index contributed by atoms with van der Waals surface area (Å²) in [5.41, 5.74) is -0.430.